The van der Waals surface area contributed by atoms with Crippen LogP contribution in [0.2, 0.25) is 0 Å². The van der Waals surface area contributed by atoms with Crippen LogP contribution < -0.4 is 0 Å². The first-order valence-corrected chi connectivity index (χ1v) is 9.50. The molecule has 0 bridgehead atoms. The molecule has 0 unspecified atom stereocenters. The number of aromatic nitrogens is 5. The van der Waals surface area contributed by atoms with Gasteiger partial charge in [0.25, 0.3) is 5.91 Å². The summed E-state index contributed by atoms with van der Waals surface area (Å²) < 4.78 is 3.81. The van der Waals surface area contributed by atoms with Crippen LogP contribution in [-0.4, -0.2) is 66.4 Å². The van der Waals surface area contributed by atoms with Crippen LogP contribution in [0.3, 0.4) is 0 Å². The minimum absolute atomic E-state index is 0.0576. The number of piperidine rings is 1. The summed E-state index contributed by atoms with van der Waals surface area (Å²) in [6.07, 6.45) is 8.01. The molecule has 4 heterocycles. The number of rotatable bonds is 4. The van der Waals surface area contributed by atoms with E-state index in [1.165, 1.54) is 12.8 Å². The molecule has 1 atom stereocenters. The van der Waals surface area contributed by atoms with Crippen LogP contribution in [0.25, 0.3) is 0 Å². The van der Waals surface area contributed by atoms with E-state index >= 15 is 0 Å². The molecule has 2 aromatic heterocycles. The minimum atomic E-state index is 0.0576. The minimum Gasteiger partial charge on any atom is -0.338 e. The molecule has 140 valence electrons. The lowest BCUT2D eigenvalue weighted by molar-refractivity contribution is 0.0703. The Balaban J connectivity index is 1.46. The Labute approximate surface area is 153 Å². The molecule has 0 N–H and O–H groups in total. The van der Waals surface area contributed by atoms with Gasteiger partial charge in [-0.15, -0.1) is 10.2 Å². The molecule has 8 heteroatoms. The molecule has 0 aliphatic carbocycles. The van der Waals surface area contributed by atoms with Gasteiger partial charge in [0, 0.05) is 39.3 Å². The van der Waals surface area contributed by atoms with E-state index in [0.29, 0.717) is 12.1 Å². The van der Waals surface area contributed by atoms with E-state index in [0.717, 1.165) is 50.7 Å². The molecule has 2 fully saturated rings. The van der Waals surface area contributed by atoms with Gasteiger partial charge in [0.1, 0.15) is 11.6 Å². The molecule has 8 nitrogen and oxygen atoms in total. The zero-order valence-corrected chi connectivity index (χ0v) is 15.6. The Morgan fingerprint density at radius 3 is 2.69 bits per heavy atom. The van der Waals surface area contributed by atoms with Crippen molar-refractivity contribution in [3.05, 3.63) is 29.6 Å². The van der Waals surface area contributed by atoms with E-state index in [2.05, 4.69) is 31.8 Å². The maximum absolute atomic E-state index is 12.7. The van der Waals surface area contributed by atoms with Gasteiger partial charge in [-0.05, 0) is 38.8 Å². The molecule has 0 radical (unpaired) electrons. The topological polar surface area (TPSA) is 72.1 Å². The number of hydrogen-bond acceptors (Lipinski definition) is 5. The van der Waals surface area contributed by atoms with Crippen molar-refractivity contribution in [2.75, 3.05) is 26.2 Å². The predicted molar refractivity (Wildman–Crippen MR) is 96.6 cm³/mol. The maximum atomic E-state index is 12.7. The van der Waals surface area contributed by atoms with Crippen molar-refractivity contribution in [2.24, 2.45) is 14.1 Å². The van der Waals surface area contributed by atoms with Crippen LogP contribution in [0.15, 0.2) is 12.4 Å². The van der Waals surface area contributed by atoms with E-state index in [4.69, 9.17) is 0 Å². The number of aryl methyl sites for hydroxylation is 1. The van der Waals surface area contributed by atoms with Gasteiger partial charge < -0.3 is 9.47 Å². The molecular formula is C18H27N7O. The third kappa shape index (κ3) is 3.38. The number of likely N-dealkylation sites (tertiary alicyclic amines) is 2. The van der Waals surface area contributed by atoms with Crippen LogP contribution in [0.1, 0.15) is 53.6 Å². The van der Waals surface area contributed by atoms with Crippen LogP contribution in [0.4, 0.5) is 0 Å². The summed E-state index contributed by atoms with van der Waals surface area (Å²) in [5, 5.41) is 13.0. The Kier molecular flexibility index (Phi) is 4.76. The molecule has 2 aliphatic rings. The number of hydrogen-bond donors (Lipinski definition) is 0. The summed E-state index contributed by atoms with van der Waals surface area (Å²) >= 11 is 0. The van der Waals surface area contributed by atoms with Crippen molar-refractivity contribution in [3.63, 3.8) is 0 Å². The summed E-state index contributed by atoms with van der Waals surface area (Å²) in [6, 6.07) is 0. The van der Waals surface area contributed by atoms with Gasteiger partial charge in [-0.2, -0.15) is 5.10 Å². The van der Waals surface area contributed by atoms with Gasteiger partial charge in [0.2, 0.25) is 0 Å². The summed E-state index contributed by atoms with van der Waals surface area (Å²) in [5.74, 6) is 2.33. The first-order chi connectivity index (χ1) is 12.6. The lowest BCUT2D eigenvalue weighted by atomic mass is 9.96. The fourth-order valence-electron chi connectivity index (χ4n) is 4.10. The summed E-state index contributed by atoms with van der Waals surface area (Å²) in [5.41, 5.74) is 0.654. The Hall–Kier alpha value is -2.22. The highest BCUT2D eigenvalue weighted by atomic mass is 16.2. The molecule has 0 spiro atoms. The standard InChI is InChI=1S/C18H27N7O/c1-22-11-15(10-19-22)18(26)25-9-5-6-14(12-25)17-21-20-16(23(17)2)13-24-7-3-4-8-24/h10-11,14H,3-9,12-13H2,1-2H3/t14-/m1/s1. The van der Waals surface area contributed by atoms with E-state index in [9.17, 15) is 4.79 Å². The molecule has 26 heavy (non-hydrogen) atoms. The molecule has 2 aromatic rings. The quantitative estimate of drug-likeness (QED) is 0.821. The van der Waals surface area contributed by atoms with E-state index < -0.39 is 0 Å². The number of amides is 1. The summed E-state index contributed by atoms with van der Waals surface area (Å²) in [4.78, 5) is 17.1. The maximum Gasteiger partial charge on any atom is 0.257 e. The van der Waals surface area contributed by atoms with Crippen molar-refractivity contribution in [1.29, 1.82) is 0 Å². The Morgan fingerprint density at radius 1 is 1.15 bits per heavy atom. The number of nitrogens with zero attached hydrogens (tertiary/aromatic N) is 7. The third-order valence-electron chi connectivity index (χ3n) is 5.59. The zero-order valence-electron chi connectivity index (χ0n) is 15.6. The molecule has 4 rings (SSSR count). The second kappa shape index (κ2) is 7.19. The van der Waals surface area contributed by atoms with Gasteiger partial charge in [0.15, 0.2) is 0 Å². The van der Waals surface area contributed by atoms with Crippen LogP contribution in [0, 0.1) is 0 Å². The Morgan fingerprint density at radius 2 is 1.96 bits per heavy atom. The van der Waals surface area contributed by atoms with Crippen LogP contribution in [0.5, 0.6) is 0 Å². The lowest BCUT2D eigenvalue weighted by Gasteiger charge is -2.32. The van der Waals surface area contributed by atoms with E-state index in [1.807, 2.05) is 11.9 Å². The largest absolute Gasteiger partial charge is 0.338 e. The highest BCUT2D eigenvalue weighted by molar-refractivity contribution is 5.93. The molecule has 2 saturated heterocycles. The number of carbonyl (C=O) groups excluding carboxylic acids is 1. The first-order valence-electron chi connectivity index (χ1n) is 9.50. The second-order valence-corrected chi connectivity index (χ2v) is 7.51. The normalized spacial score (nSPS) is 21.5. The first kappa shape index (κ1) is 17.2. The van der Waals surface area contributed by atoms with E-state index in [-0.39, 0.29) is 11.8 Å². The Bertz CT molecular complexity index is 774. The molecule has 0 aromatic carbocycles. The van der Waals surface area contributed by atoms with Crippen molar-refractivity contribution >= 4 is 5.91 Å². The monoisotopic (exact) mass is 357 g/mol. The zero-order chi connectivity index (χ0) is 18.1. The van der Waals surface area contributed by atoms with Gasteiger partial charge in [-0.3, -0.25) is 14.4 Å². The van der Waals surface area contributed by atoms with Crippen molar-refractivity contribution in [3.8, 4) is 0 Å². The average molecular weight is 357 g/mol. The van der Waals surface area contributed by atoms with Crippen molar-refractivity contribution in [2.45, 2.75) is 38.1 Å². The fourth-order valence-corrected chi connectivity index (χ4v) is 4.10. The molecule has 1 amide bonds. The van der Waals surface area contributed by atoms with Crippen molar-refractivity contribution < 1.29 is 4.79 Å². The lowest BCUT2D eigenvalue weighted by Crippen LogP contribution is -2.39. The van der Waals surface area contributed by atoms with Gasteiger partial charge in [-0.1, -0.05) is 0 Å². The second-order valence-electron chi connectivity index (χ2n) is 7.51. The average Bonchev–Trinajstić information content (AvgIpc) is 3.38. The van der Waals surface area contributed by atoms with Crippen LogP contribution in [-0.2, 0) is 20.6 Å². The van der Waals surface area contributed by atoms with Gasteiger partial charge in [-0.25, -0.2) is 0 Å². The highest BCUT2D eigenvalue weighted by Gasteiger charge is 2.29. The molecular weight excluding hydrogens is 330 g/mol. The number of carbonyl (C=O) groups is 1. The summed E-state index contributed by atoms with van der Waals surface area (Å²) in [6.45, 7) is 4.67. The summed E-state index contributed by atoms with van der Waals surface area (Å²) in [7, 11) is 3.89. The highest BCUT2D eigenvalue weighted by Crippen LogP contribution is 2.27. The third-order valence-corrected chi connectivity index (χ3v) is 5.59. The van der Waals surface area contributed by atoms with Crippen molar-refractivity contribution in [1.82, 2.24) is 34.3 Å². The molecule has 2 aliphatic heterocycles. The van der Waals surface area contributed by atoms with Gasteiger partial charge >= 0.3 is 0 Å². The smallest absolute Gasteiger partial charge is 0.257 e. The van der Waals surface area contributed by atoms with Crippen LogP contribution >= 0.6 is 0 Å². The predicted octanol–water partition coefficient (Wildman–Crippen LogP) is 1.16. The molecule has 0 saturated carbocycles. The van der Waals surface area contributed by atoms with E-state index in [1.54, 1.807) is 17.1 Å². The fraction of sp³-hybridized carbons (Fsp3) is 0.667. The van der Waals surface area contributed by atoms with Gasteiger partial charge in [0.05, 0.1) is 18.3 Å². The SMILES string of the molecule is Cn1cc(C(=O)N2CCC[C@@H](c3nnc(CN4CCCC4)n3C)C2)cn1.